The van der Waals surface area contributed by atoms with E-state index >= 15 is 0 Å². The molecule has 2 amide bonds. The summed E-state index contributed by atoms with van der Waals surface area (Å²) in [5.41, 5.74) is 0. The fourth-order valence-corrected chi connectivity index (χ4v) is 4.04. The van der Waals surface area contributed by atoms with Crippen LogP contribution in [0.3, 0.4) is 0 Å². The van der Waals surface area contributed by atoms with Crippen LogP contribution in [0.5, 0.6) is 0 Å². The molecule has 1 heterocycles. The number of nitrogens with one attached hydrogen (secondary N) is 1. The van der Waals surface area contributed by atoms with Crippen molar-refractivity contribution in [2.24, 2.45) is 5.92 Å². The molecule has 2 atom stereocenters. The van der Waals surface area contributed by atoms with Crippen LogP contribution >= 0.6 is 11.8 Å². The zero-order chi connectivity index (χ0) is 15.6. The van der Waals surface area contributed by atoms with Gasteiger partial charge in [0.05, 0.1) is 5.37 Å². The predicted molar refractivity (Wildman–Crippen MR) is 83.4 cm³/mol. The van der Waals surface area contributed by atoms with E-state index in [1.54, 1.807) is 16.7 Å². The molecule has 0 aromatic carbocycles. The third kappa shape index (κ3) is 4.03. The highest BCUT2D eigenvalue weighted by Gasteiger charge is 2.48. The van der Waals surface area contributed by atoms with Crippen molar-refractivity contribution < 1.29 is 14.7 Å². The van der Waals surface area contributed by atoms with Gasteiger partial charge in [0.15, 0.2) is 0 Å². The predicted octanol–water partition coefficient (Wildman–Crippen LogP) is 1.27. The second kappa shape index (κ2) is 6.87. The molecule has 2 rings (SSSR count). The number of hydrogen-bond acceptors (Lipinski definition) is 4. The Morgan fingerprint density at radius 3 is 2.62 bits per heavy atom. The van der Waals surface area contributed by atoms with Gasteiger partial charge in [0.1, 0.15) is 6.04 Å². The van der Waals surface area contributed by atoms with Gasteiger partial charge in [-0.05, 0) is 39.7 Å². The SMILES string of the molecule is CC(C)N(C)CCNC(=O)N1C(C(=O)O)CSC1C1CC1. The summed E-state index contributed by atoms with van der Waals surface area (Å²) >= 11 is 1.60. The number of rotatable bonds is 6. The van der Waals surface area contributed by atoms with Gasteiger partial charge in [-0.2, -0.15) is 0 Å². The van der Waals surface area contributed by atoms with E-state index in [0.29, 0.717) is 24.3 Å². The molecular formula is C14H25N3O3S. The molecule has 1 aliphatic heterocycles. The molecular weight excluding hydrogens is 290 g/mol. The second-order valence-corrected chi connectivity index (χ2v) is 7.28. The minimum Gasteiger partial charge on any atom is -0.480 e. The van der Waals surface area contributed by atoms with Gasteiger partial charge in [-0.25, -0.2) is 9.59 Å². The van der Waals surface area contributed by atoms with Gasteiger partial charge in [0.2, 0.25) is 0 Å². The summed E-state index contributed by atoms with van der Waals surface area (Å²) in [6.45, 7) is 5.50. The Balaban J connectivity index is 1.89. The first-order valence-corrected chi connectivity index (χ1v) is 8.57. The fraction of sp³-hybridized carbons (Fsp3) is 0.857. The van der Waals surface area contributed by atoms with Crippen LogP contribution in [-0.2, 0) is 4.79 Å². The quantitative estimate of drug-likeness (QED) is 0.772. The highest BCUT2D eigenvalue weighted by molar-refractivity contribution is 8.00. The fourth-order valence-electron chi connectivity index (χ4n) is 2.41. The van der Waals surface area contributed by atoms with E-state index < -0.39 is 12.0 Å². The lowest BCUT2D eigenvalue weighted by Crippen LogP contribution is -2.51. The zero-order valence-electron chi connectivity index (χ0n) is 12.9. The lowest BCUT2D eigenvalue weighted by atomic mass is 10.2. The molecule has 1 saturated carbocycles. The Morgan fingerprint density at radius 1 is 1.43 bits per heavy atom. The van der Waals surface area contributed by atoms with Crippen LogP contribution in [0.1, 0.15) is 26.7 Å². The number of hydrogen-bond donors (Lipinski definition) is 2. The maximum atomic E-state index is 12.4. The summed E-state index contributed by atoms with van der Waals surface area (Å²) < 4.78 is 0. The third-order valence-electron chi connectivity index (χ3n) is 4.20. The minimum atomic E-state index is -0.903. The van der Waals surface area contributed by atoms with Crippen molar-refractivity contribution in [2.75, 3.05) is 25.9 Å². The van der Waals surface area contributed by atoms with Gasteiger partial charge in [0.25, 0.3) is 0 Å². The Labute approximate surface area is 130 Å². The normalized spacial score (nSPS) is 25.7. The van der Waals surface area contributed by atoms with Crippen molar-refractivity contribution in [3.8, 4) is 0 Å². The monoisotopic (exact) mass is 315 g/mol. The lowest BCUT2D eigenvalue weighted by Gasteiger charge is -2.28. The van der Waals surface area contributed by atoms with Crippen LogP contribution in [-0.4, -0.2) is 70.3 Å². The van der Waals surface area contributed by atoms with Crippen LogP contribution in [0, 0.1) is 5.92 Å². The van der Waals surface area contributed by atoms with Crippen molar-refractivity contribution in [1.29, 1.82) is 0 Å². The van der Waals surface area contributed by atoms with E-state index in [1.807, 2.05) is 7.05 Å². The number of amides is 2. The summed E-state index contributed by atoms with van der Waals surface area (Å²) in [5, 5.41) is 12.2. The molecule has 21 heavy (non-hydrogen) atoms. The average Bonchev–Trinajstić information content (AvgIpc) is 3.16. The minimum absolute atomic E-state index is 0.0360. The van der Waals surface area contributed by atoms with Gasteiger partial charge < -0.3 is 15.3 Å². The topological polar surface area (TPSA) is 72.9 Å². The van der Waals surface area contributed by atoms with Gasteiger partial charge in [-0.15, -0.1) is 11.8 Å². The molecule has 2 N–H and O–H groups in total. The molecule has 0 aromatic rings. The third-order valence-corrected chi connectivity index (χ3v) is 5.66. The molecule has 1 aliphatic carbocycles. The first kappa shape index (κ1) is 16.4. The standard InChI is InChI=1S/C14H25N3O3S/c1-9(2)16(3)7-6-15-14(20)17-11(13(18)19)8-21-12(17)10-4-5-10/h9-12H,4-8H2,1-3H3,(H,15,20)(H,18,19). The summed E-state index contributed by atoms with van der Waals surface area (Å²) in [6.07, 6.45) is 2.20. The molecule has 0 spiro atoms. The highest BCUT2D eigenvalue weighted by Crippen LogP contribution is 2.45. The number of carboxylic acids is 1. The molecule has 0 radical (unpaired) electrons. The van der Waals surface area contributed by atoms with Crippen molar-refractivity contribution in [3.05, 3.63) is 0 Å². The first-order chi connectivity index (χ1) is 9.91. The molecule has 2 unspecified atom stereocenters. The average molecular weight is 315 g/mol. The number of likely N-dealkylation sites (N-methyl/N-ethyl adjacent to an activating group) is 1. The molecule has 2 aliphatic rings. The maximum Gasteiger partial charge on any atom is 0.327 e. The number of carbonyl (C=O) groups excluding carboxylic acids is 1. The Bertz CT molecular complexity index is 401. The van der Waals surface area contributed by atoms with Crippen molar-refractivity contribution in [3.63, 3.8) is 0 Å². The summed E-state index contributed by atoms with van der Waals surface area (Å²) in [5.74, 6) is 0.0686. The van der Waals surface area contributed by atoms with E-state index in [1.165, 1.54) is 0 Å². The summed E-state index contributed by atoms with van der Waals surface area (Å²) in [7, 11) is 2.01. The Morgan fingerprint density at radius 2 is 2.10 bits per heavy atom. The van der Waals surface area contributed by atoms with Gasteiger partial charge in [0, 0.05) is 24.9 Å². The van der Waals surface area contributed by atoms with Crippen molar-refractivity contribution >= 4 is 23.8 Å². The van der Waals surface area contributed by atoms with Crippen molar-refractivity contribution in [1.82, 2.24) is 15.1 Å². The van der Waals surface area contributed by atoms with E-state index in [-0.39, 0.29) is 11.4 Å². The number of urea groups is 1. The molecule has 1 saturated heterocycles. The van der Waals surface area contributed by atoms with Crippen molar-refractivity contribution in [2.45, 2.75) is 44.1 Å². The Kier molecular flexibility index (Phi) is 5.37. The van der Waals surface area contributed by atoms with Gasteiger partial charge in [-0.3, -0.25) is 4.90 Å². The van der Waals surface area contributed by atoms with E-state index in [0.717, 1.165) is 19.4 Å². The Hall–Kier alpha value is -0.950. The van der Waals surface area contributed by atoms with Gasteiger partial charge >= 0.3 is 12.0 Å². The largest absolute Gasteiger partial charge is 0.480 e. The lowest BCUT2D eigenvalue weighted by molar-refractivity contribution is -0.141. The molecule has 120 valence electrons. The number of carboxylic acid groups (broad SMARTS) is 1. The zero-order valence-corrected chi connectivity index (χ0v) is 13.7. The van der Waals surface area contributed by atoms with E-state index in [9.17, 15) is 14.7 Å². The molecule has 0 bridgehead atoms. The molecule has 0 aromatic heterocycles. The first-order valence-electron chi connectivity index (χ1n) is 7.52. The smallest absolute Gasteiger partial charge is 0.327 e. The van der Waals surface area contributed by atoms with E-state index in [4.69, 9.17) is 0 Å². The van der Waals surface area contributed by atoms with Crippen LogP contribution in [0.2, 0.25) is 0 Å². The maximum absolute atomic E-state index is 12.4. The summed E-state index contributed by atoms with van der Waals surface area (Å²) in [6, 6.07) is -0.500. The number of carbonyl (C=O) groups is 2. The summed E-state index contributed by atoms with van der Waals surface area (Å²) in [4.78, 5) is 27.4. The van der Waals surface area contributed by atoms with Crippen LogP contribution in [0.15, 0.2) is 0 Å². The molecule has 7 heteroatoms. The molecule has 6 nitrogen and oxygen atoms in total. The number of thioether (sulfide) groups is 1. The highest BCUT2D eigenvalue weighted by atomic mass is 32.2. The van der Waals surface area contributed by atoms with Gasteiger partial charge in [-0.1, -0.05) is 0 Å². The van der Waals surface area contributed by atoms with Crippen LogP contribution < -0.4 is 5.32 Å². The number of aliphatic carboxylic acids is 1. The molecule has 2 fully saturated rings. The van der Waals surface area contributed by atoms with Crippen LogP contribution in [0.4, 0.5) is 4.79 Å². The number of nitrogens with zero attached hydrogens (tertiary/aromatic N) is 2. The second-order valence-electron chi connectivity index (χ2n) is 6.13. The van der Waals surface area contributed by atoms with Crippen LogP contribution in [0.25, 0.3) is 0 Å². The van der Waals surface area contributed by atoms with E-state index in [2.05, 4.69) is 24.1 Å².